The second-order valence-corrected chi connectivity index (χ2v) is 8.84. The lowest BCUT2D eigenvalue weighted by Gasteiger charge is -2.10. The fraction of sp³-hybridized carbons (Fsp3) is 0.192. The van der Waals surface area contributed by atoms with Gasteiger partial charge in [-0.3, -0.25) is 4.79 Å². The van der Waals surface area contributed by atoms with Gasteiger partial charge in [0.15, 0.2) is 16.7 Å². The summed E-state index contributed by atoms with van der Waals surface area (Å²) >= 11 is 7.74. The molecule has 35 heavy (non-hydrogen) atoms. The Labute approximate surface area is 213 Å². The van der Waals surface area contributed by atoms with Crippen molar-refractivity contribution >= 4 is 46.5 Å². The quantitative estimate of drug-likeness (QED) is 0.176. The number of nitrogens with zero attached hydrogens (tertiary/aromatic N) is 3. The monoisotopic (exact) mass is 508 g/mol. The van der Waals surface area contributed by atoms with E-state index in [9.17, 15) is 4.79 Å². The molecule has 0 unspecified atom stereocenters. The van der Waals surface area contributed by atoms with E-state index in [0.29, 0.717) is 29.7 Å². The summed E-state index contributed by atoms with van der Waals surface area (Å²) in [4.78, 5) is 17.2. The lowest BCUT2D eigenvalue weighted by Crippen LogP contribution is -2.20. The standard InChI is InChI=1S/C26H25ClN4O3S/c1-3-34-23-13-12-18(14-24(23)33-2)15-28-30-25(32)17-35-26-29-21-10-6-7-11-22(21)31(26)16-19-8-4-5-9-20(19)27/h4-15H,3,16-17H2,1-2H3,(H,30,32). The highest BCUT2D eigenvalue weighted by Crippen LogP contribution is 2.28. The maximum atomic E-state index is 12.5. The summed E-state index contributed by atoms with van der Waals surface area (Å²) < 4.78 is 12.9. The molecule has 0 aliphatic rings. The first-order valence-corrected chi connectivity index (χ1v) is 12.4. The van der Waals surface area contributed by atoms with Crippen LogP contribution in [0.15, 0.2) is 77.0 Å². The van der Waals surface area contributed by atoms with E-state index in [4.69, 9.17) is 26.1 Å². The van der Waals surface area contributed by atoms with Crippen molar-refractivity contribution in [2.45, 2.75) is 18.6 Å². The average molecular weight is 509 g/mol. The van der Waals surface area contributed by atoms with Gasteiger partial charge in [-0.25, -0.2) is 10.4 Å². The molecule has 0 radical (unpaired) electrons. The van der Waals surface area contributed by atoms with E-state index in [1.54, 1.807) is 19.4 Å². The second-order valence-electron chi connectivity index (χ2n) is 7.49. The number of carbonyl (C=O) groups is 1. The Morgan fingerprint density at radius 2 is 1.94 bits per heavy atom. The predicted molar refractivity (Wildman–Crippen MR) is 141 cm³/mol. The maximum Gasteiger partial charge on any atom is 0.250 e. The summed E-state index contributed by atoms with van der Waals surface area (Å²) in [6.45, 7) is 3.01. The van der Waals surface area contributed by atoms with Gasteiger partial charge in [0, 0.05) is 5.02 Å². The van der Waals surface area contributed by atoms with Gasteiger partial charge in [0.05, 0.1) is 43.3 Å². The van der Waals surface area contributed by atoms with E-state index in [1.165, 1.54) is 11.8 Å². The van der Waals surface area contributed by atoms with Crippen LogP contribution in [-0.2, 0) is 11.3 Å². The Morgan fingerprint density at radius 1 is 1.14 bits per heavy atom. The minimum Gasteiger partial charge on any atom is -0.493 e. The first-order chi connectivity index (χ1) is 17.1. The number of thioether (sulfide) groups is 1. The van der Waals surface area contributed by atoms with Crippen LogP contribution in [0, 0.1) is 0 Å². The van der Waals surface area contributed by atoms with Crippen LogP contribution in [0.5, 0.6) is 11.5 Å². The summed E-state index contributed by atoms with van der Waals surface area (Å²) in [7, 11) is 1.58. The number of methoxy groups -OCH3 is 1. The number of fused-ring (bicyclic) bond motifs is 1. The lowest BCUT2D eigenvalue weighted by atomic mass is 10.2. The van der Waals surface area contributed by atoms with Gasteiger partial charge < -0.3 is 14.0 Å². The molecular formula is C26H25ClN4O3S. The molecule has 4 aromatic rings. The van der Waals surface area contributed by atoms with Crippen LogP contribution in [0.25, 0.3) is 11.0 Å². The number of carbonyl (C=O) groups excluding carboxylic acids is 1. The number of ether oxygens (including phenoxy) is 2. The van der Waals surface area contributed by atoms with E-state index in [1.807, 2.05) is 67.6 Å². The topological polar surface area (TPSA) is 77.7 Å². The van der Waals surface area contributed by atoms with Gasteiger partial charge >= 0.3 is 0 Å². The zero-order chi connectivity index (χ0) is 24.6. The van der Waals surface area contributed by atoms with Gasteiger partial charge in [0.2, 0.25) is 0 Å². The largest absolute Gasteiger partial charge is 0.493 e. The van der Waals surface area contributed by atoms with E-state index < -0.39 is 0 Å². The van der Waals surface area contributed by atoms with E-state index in [-0.39, 0.29) is 11.7 Å². The SMILES string of the molecule is CCOc1ccc(C=NNC(=O)CSc2nc3ccccc3n2Cc2ccccc2Cl)cc1OC. The third-order valence-electron chi connectivity index (χ3n) is 5.13. The van der Waals surface area contributed by atoms with Crippen molar-refractivity contribution in [3.63, 3.8) is 0 Å². The molecule has 7 nitrogen and oxygen atoms in total. The number of hydrogen-bond donors (Lipinski definition) is 1. The first kappa shape index (κ1) is 24.6. The van der Waals surface area contributed by atoms with E-state index in [2.05, 4.69) is 15.1 Å². The maximum absolute atomic E-state index is 12.5. The summed E-state index contributed by atoms with van der Waals surface area (Å²) in [5, 5.41) is 5.50. The number of hydrazone groups is 1. The molecule has 9 heteroatoms. The molecule has 0 saturated carbocycles. The third kappa shape index (κ3) is 6.15. The fourth-order valence-corrected chi connectivity index (χ4v) is 4.50. The molecule has 1 N–H and O–H groups in total. The highest BCUT2D eigenvalue weighted by atomic mass is 35.5. The number of imidazole rings is 1. The van der Waals surface area contributed by atoms with E-state index >= 15 is 0 Å². The van der Waals surface area contributed by atoms with Crippen molar-refractivity contribution in [3.05, 3.63) is 82.9 Å². The molecule has 3 aromatic carbocycles. The molecule has 1 amide bonds. The number of aromatic nitrogens is 2. The first-order valence-electron chi connectivity index (χ1n) is 11.0. The van der Waals surface area contributed by atoms with Crippen molar-refractivity contribution < 1.29 is 14.3 Å². The Bertz CT molecular complexity index is 1360. The Kier molecular flexibility index (Phi) is 8.28. The zero-order valence-electron chi connectivity index (χ0n) is 19.4. The van der Waals surface area contributed by atoms with E-state index in [0.717, 1.165) is 27.3 Å². The van der Waals surface area contributed by atoms with Crippen molar-refractivity contribution in [1.29, 1.82) is 0 Å². The third-order valence-corrected chi connectivity index (χ3v) is 6.47. The Balaban J connectivity index is 1.42. The lowest BCUT2D eigenvalue weighted by molar-refractivity contribution is -0.118. The molecule has 0 fully saturated rings. The number of hydrogen-bond acceptors (Lipinski definition) is 6. The molecule has 180 valence electrons. The minimum atomic E-state index is -0.236. The molecule has 0 spiro atoms. The van der Waals surface area contributed by atoms with Crippen LogP contribution in [0.1, 0.15) is 18.1 Å². The number of rotatable bonds is 10. The summed E-state index contributed by atoms with van der Waals surface area (Å²) in [6, 6.07) is 21.1. The highest BCUT2D eigenvalue weighted by Gasteiger charge is 2.14. The molecule has 1 aromatic heterocycles. The normalized spacial score (nSPS) is 11.2. The fourth-order valence-electron chi connectivity index (χ4n) is 3.49. The Morgan fingerprint density at radius 3 is 2.74 bits per heavy atom. The molecule has 1 heterocycles. The van der Waals surface area contributed by atoms with Gasteiger partial charge in [-0.2, -0.15) is 5.10 Å². The summed E-state index contributed by atoms with van der Waals surface area (Å²) in [6.07, 6.45) is 1.56. The average Bonchev–Trinajstić information content (AvgIpc) is 3.22. The molecule has 0 saturated heterocycles. The van der Waals surface area contributed by atoms with Crippen LogP contribution in [0.2, 0.25) is 5.02 Å². The highest BCUT2D eigenvalue weighted by molar-refractivity contribution is 7.99. The van der Waals surface area contributed by atoms with Crippen LogP contribution < -0.4 is 14.9 Å². The summed E-state index contributed by atoms with van der Waals surface area (Å²) in [5.41, 5.74) is 6.18. The minimum absolute atomic E-state index is 0.162. The second kappa shape index (κ2) is 11.8. The molecule has 0 aliphatic heterocycles. The van der Waals surface area contributed by atoms with Crippen LogP contribution >= 0.6 is 23.4 Å². The zero-order valence-corrected chi connectivity index (χ0v) is 21.0. The van der Waals surface area contributed by atoms with Crippen molar-refractivity contribution in [2.75, 3.05) is 19.5 Å². The Hall–Kier alpha value is -3.49. The smallest absolute Gasteiger partial charge is 0.250 e. The molecule has 0 bridgehead atoms. The van der Waals surface area contributed by atoms with Gasteiger partial charge in [0.1, 0.15) is 0 Å². The van der Waals surface area contributed by atoms with Crippen LogP contribution in [-0.4, -0.2) is 41.1 Å². The number of amides is 1. The number of nitrogens with one attached hydrogen (secondary N) is 1. The van der Waals surface area contributed by atoms with Gasteiger partial charge in [0.25, 0.3) is 5.91 Å². The molecule has 0 atom stereocenters. The van der Waals surface area contributed by atoms with Crippen LogP contribution in [0.3, 0.4) is 0 Å². The van der Waals surface area contributed by atoms with Gasteiger partial charge in [-0.1, -0.05) is 53.7 Å². The molecule has 4 rings (SSSR count). The number of benzene rings is 3. The van der Waals surface area contributed by atoms with Gasteiger partial charge in [-0.05, 0) is 54.4 Å². The number of para-hydroxylation sites is 2. The predicted octanol–water partition coefficient (Wildman–Crippen LogP) is 5.39. The molecular weight excluding hydrogens is 484 g/mol. The van der Waals surface area contributed by atoms with Crippen molar-refractivity contribution in [2.24, 2.45) is 5.10 Å². The van der Waals surface area contributed by atoms with Crippen molar-refractivity contribution in [1.82, 2.24) is 15.0 Å². The van der Waals surface area contributed by atoms with Crippen LogP contribution in [0.4, 0.5) is 0 Å². The van der Waals surface area contributed by atoms with Crippen molar-refractivity contribution in [3.8, 4) is 11.5 Å². The van der Waals surface area contributed by atoms with Gasteiger partial charge in [-0.15, -0.1) is 0 Å². The summed E-state index contributed by atoms with van der Waals surface area (Å²) in [5.74, 6) is 1.19. The molecule has 0 aliphatic carbocycles. The number of halogens is 1.